The highest BCUT2D eigenvalue weighted by Crippen LogP contribution is 2.35. The molecular formula is C15H13Cl2FN2O2. The van der Waals surface area contributed by atoms with Crippen LogP contribution >= 0.6 is 23.2 Å². The molecule has 1 N–H and O–H groups in total. The summed E-state index contributed by atoms with van der Waals surface area (Å²) in [6.45, 7) is 6.86. The van der Waals surface area contributed by atoms with Crippen molar-refractivity contribution >= 4 is 23.2 Å². The number of rotatable bonds is 3. The van der Waals surface area contributed by atoms with Crippen LogP contribution in [-0.2, 0) is 6.42 Å². The van der Waals surface area contributed by atoms with Gasteiger partial charge in [0.25, 0.3) is 5.56 Å². The van der Waals surface area contributed by atoms with Crippen molar-refractivity contribution in [1.82, 2.24) is 9.78 Å². The van der Waals surface area contributed by atoms with Crippen LogP contribution in [0.2, 0.25) is 5.02 Å². The molecule has 1 aromatic heterocycles. The van der Waals surface area contributed by atoms with Crippen LogP contribution in [-0.4, -0.2) is 14.9 Å². The van der Waals surface area contributed by atoms with Crippen LogP contribution in [0.15, 0.2) is 28.7 Å². The zero-order valence-corrected chi connectivity index (χ0v) is 13.5. The van der Waals surface area contributed by atoms with Gasteiger partial charge in [-0.3, -0.25) is 4.79 Å². The van der Waals surface area contributed by atoms with Gasteiger partial charge in [-0.15, -0.1) is 0 Å². The number of nitrogens with zero attached hydrogens (tertiary/aromatic N) is 2. The van der Waals surface area contributed by atoms with Crippen molar-refractivity contribution in [3.8, 4) is 11.4 Å². The second kappa shape index (κ2) is 6.10. The number of hydrogen-bond acceptors (Lipinski definition) is 3. The van der Waals surface area contributed by atoms with E-state index in [1.54, 1.807) is 13.8 Å². The van der Waals surface area contributed by atoms with Gasteiger partial charge in [0, 0.05) is 22.6 Å². The normalized spacial score (nSPS) is 10.8. The minimum absolute atomic E-state index is 0.0543. The topological polar surface area (TPSA) is 55.1 Å². The van der Waals surface area contributed by atoms with Crippen LogP contribution in [0.3, 0.4) is 0 Å². The van der Waals surface area contributed by atoms with E-state index in [2.05, 4.69) is 11.7 Å². The highest BCUT2D eigenvalue weighted by atomic mass is 35.5. The molecule has 0 saturated heterocycles. The number of aryl methyl sites for hydroxylation is 1. The second-order valence-electron chi connectivity index (χ2n) is 4.88. The Hall–Kier alpha value is -1.85. The third-order valence-electron chi connectivity index (χ3n) is 3.33. The second-order valence-corrected chi connectivity index (χ2v) is 5.82. The fourth-order valence-electron chi connectivity index (χ4n) is 2.02. The van der Waals surface area contributed by atoms with Crippen molar-refractivity contribution in [3.05, 3.63) is 61.8 Å². The summed E-state index contributed by atoms with van der Waals surface area (Å²) in [5, 5.41) is 14.0. The average Bonchev–Trinajstić information content (AvgIpc) is 2.43. The van der Waals surface area contributed by atoms with Crippen LogP contribution < -0.4 is 5.56 Å². The molecule has 2 rings (SSSR count). The summed E-state index contributed by atoms with van der Waals surface area (Å²) in [5.41, 5.74) is 0.504. The van der Waals surface area contributed by atoms with Gasteiger partial charge < -0.3 is 5.11 Å². The molecule has 0 aliphatic heterocycles. The van der Waals surface area contributed by atoms with E-state index < -0.39 is 11.4 Å². The van der Waals surface area contributed by atoms with Crippen molar-refractivity contribution in [2.75, 3.05) is 0 Å². The first-order chi connectivity index (χ1) is 10.2. The Bertz CT molecular complexity index is 831. The zero-order valence-electron chi connectivity index (χ0n) is 12.0. The van der Waals surface area contributed by atoms with Gasteiger partial charge in [-0.2, -0.15) is 9.78 Å². The number of halogens is 3. The molecule has 0 saturated carbocycles. The third kappa shape index (κ3) is 2.87. The first-order valence-electron chi connectivity index (χ1n) is 6.33. The van der Waals surface area contributed by atoms with Crippen LogP contribution in [0.5, 0.6) is 5.75 Å². The summed E-state index contributed by atoms with van der Waals surface area (Å²) in [6.07, 6.45) is 1.39. The minimum atomic E-state index is -0.784. The van der Waals surface area contributed by atoms with Gasteiger partial charge in [0.2, 0.25) is 0 Å². The Balaban J connectivity index is 2.86. The highest BCUT2D eigenvalue weighted by molar-refractivity contribution is 6.32. The number of phenolic OH excluding ortho intramolecular Hbond substituents is 1. The summed E-state index contributed by atoms with van der Waals surface area (Å²) in [6, 6.07) is 0.927. The van der Waals surface area contributed by atoms with Gasteiger partial charge in [-0.05, 0) is 25.5 Å². The van der Waals surface area contributed by atoms with E-state index in [1.165, 1.54) is 6.20 Å². The largest absolute Gasteiger partial charge is 0.506 e. The Morgan fingerprint density at radius 3 is 2.73 bits per heavy atom. The quantitative estimate of drug-likeness (QED) is 0.926. The number of benzene rings is 1. The molecule has 1 aromatic carbocycles. The molecule has 0 bridgehead atoms. The zero-order chi connectivity index (χ0) is 16.6. The fourth-order valence-corrected chi connectivity index (χ4v) is 2.36. The van der Waals surface area contributed by atoms with Gasteiger partial charge >= 0.3 is 0 Å². The van der Waals surface area contributed by atoms with E-state index in [0.29, 0.717) is 11.1 Å². The monoisotopic (exact) mass is 342 g/mol. The van der Waals surface area contributed by atoms with E-state index in [9.17, 15) is 14.3 Å². The lowest BCUT2D eigenvalue weighted by atomic mass is 10.1. The number of hydrogen-bond donors (Lipinski definition) is 1. The van der Waals surface area contributed by atoms with E-state index in [1.807, 2.05) is 0 Å². The third-order valence-corrected chi connectivity index (χ3v) is 3.75. The maximum absolute atomic E-state index is 14.4. The number of phenols is 1. The fraction of sp³-hybridized carbons (Fsp3) is 0.200. The van der Waals surface area contributed by atoms with Gasteiger partial charge in [-0.25, -0.2) is 4.39 Å². The van der Waals surface area contributed by atoms with Gasteiger partial charge in [0.05, 0.1) is 11.2 Å². The first-order valence-corrected chi connectivity index (χ1v) is 7.08. The Kier molecular flexibility index (Phi) is 4.58. The Morgan fingerprint density at radius 1 is 1.50 bits per heavy atom. The van der Waals surface area contributed by atoms with Gasteiger partial charge in [0.1, 0.15) is 11.4 Å². The summed E-state index contributed by atoms with van der Waals surface area (Å²) >= 11 is 11.6. The van der Waals surface area contributed by atoms with Crippen LogP contribution in [0.4, 0.5) is 4.39 Å². The van der Waals surface area contributed by atoms with Crippen LogP contribution in [0.25, 0.3) is 5.69 Å². The number of allylic oxidation sites excluding steroid dienone is 1. The molecule has 2 aromatic rings. The predicted molar refractivity (Wildman–Crippen MR) is 84.6 cm³/mol. The molecule has 0 unspecified atom stereocenters. The van der Waals surface area contributed by atoms with Crippen LogP contribution in [0.1, 0.15) is 16.7 Å². The summed E-state index contributed by atoms with van der Waals surface area (Å²) < 4.78 is 15.3. The lowest BCUT2D eigenvalue weighted by molar-refractivity contribution is 0.465. The van der Waals surface area contributed by atoms with Crippen molar-refractivity contribution < 1.29 is 9.50 Å². The highest BCUT2D eigenvalue weighted by Gasteiger charge is 2.21. The molecule has 1 heterocycles. The minimum Gasteiger partial charge on any atom is -0.506 e. The number of aromatic hydroxyl groups is 1. The average molecular weight is 343 g/mol. The van der Waals surface area contributed by atoms with E-state index in [-0.39, 0.29) is 33.5 Å². The van der Waals surface area contributed by atoms with E-state index in [0.717, 1.165) is 10.7 Å². The van der Waals surface area contributed by atoms with Crippen LogP contribution in [0, 0.1) is 19.7 Å². The Labute approximate surface area is 136 Å². The maximum Gasteiger partial charge on any atom is 0.274 e. The van der Waals surface area contributed by atoms with Gasteiger partial charge in [-0.1, -0.05) is 29.8 Å². The molecule has 0 atom stereocenters. The standard InChI is InChI=1S/C15H13Cl2FN2O2/c1-7-6-19-20(15(22)9(7)3)13-10(4-8(2)16)14(21)11(17)5-12(13)18/h5-6,21H,2,4H2,1,3H3. The molecule has 0 aliphatic rings. The SMILES string of the molecule is C=C(Cl)Cc1c(O)c(Cl)cc(F)c1-n1ncc(C)c(C)c1=O. The summed E-state index contributed by atoms with van der Waals surface area (Å²) in [4.78, 5) is 12.3. The Morgan fingerprint density at radius 2 is 2.14 bits per heavy atom. The van der Waals surface area contributed by atoms with Crippen molar-refractivity contribution in [3.63, 3.8) is 0 Å². The molecule has 0 fully saturated rings. The van der Waals surface area contributed by atoms with Crippen molar-refractivity contribution in [1.29, 1.82) is 0 Å². The molecule has 116 valence electrons. The molecule has 0 aliphatic carbocycles. The molecule has 0 spiro atoms. The summed E-state index contributed by atoms with van der Waals surface area (Å²) in [7, 11) is 0. The molecule has 0 amide bonds. The molecule has 0 radical (unpaired) electrons. The van der Waals surface area contributed by atoms with E-state index >= 15 is 0 Å². The smallest absolute Gasteiger partial charge is 0.274 e. The van der Waals surface area contributed by atoms with Crippen molar-refractivity contribution in [2.45, 2.75) is 20.3 Å². The lowest BCUT2D eigenvalue weighted by Gasteiger charge is -2.15. The first kappa shape index (κ1) is 16.5. The maximum atomic E-state index is 14.4. The van der Waals surface area contributed by atoms with Gasteiger partial charge in [0.15, 0.2) is 5.82 Å². The molecule has 7 heteroatoms. The predicted octanol–water partition coefficient (Wildman–Crippen LogP) is 3.64. The summed E-state index contributed by atoms with van der Waals surface area (Å²) in [5.74, 6) is -1.14. The lowest BCUT2D eigenvalue weighted by Crippen LogP contribution is -2.26. The number of aromatic nitrogens is 2. The molecule has 22 heavy (non-hydrogen) atoms. The van der Waals surface area contributed by atoms with E-state index in [4.69, 9.17) is 23.2 Å². The van der Waals surface area contributed by atoms with Crippen molar-refractivity contribution in [2.24, 2.45) is 0 Å². The molecular weight excluding hydrogens is 330 g/mol. The molecule has 4 nitrogen and oxygen atoms in total.